The fraction of sp³-hybridized carbons (Fsp3) is 0.421. The molecule has 21 heavy (non-hydrogen) atoms. The van der Waals surface area contributed by atoms with E-state index in [1.807, 2.05) is 17.1 Å². The monoisotopic (exact) mass is 283 g/mol. The molecule has 0 unspecified atom stereocenters. The summed E-state index contributed by atoms with van der Waals surface area (Å²) in [6, 6.07) is 4.42. The van der Waals surface area contributed by atoms with Crippen LogP contribution in [0.3, 0.4) is 0 Å². The molecule has 112 valence electrons. The fourth-order valence-electron chi connectivity index (χ4n) is 2.99. The maximum atomic E-state index is 12.3. The van der Waals surface area contributed by atoms with Crippen molar-refractivity contribution >= 4 is 11.6 Å². The molecule has 0 aliphatic carbocycles. The third kappa shape index (κ3) is 3.44. The number of nitrogens with zero attached hydrogens (tertiary/aromatic N) is 1. The summed E-state index contributed by atoms with van der Waals surface area (Å²) in [4.78, 5) is 14.3. The van der Waals surface area contributed by atoms with Gasteiger partial charge in [-0.2, -0.15) is 0 Å². The SMILES string of the molecule is C=CCc1cc(CC=C)c2c(c1)N(CCCC)C(=O)CC2. The second-order valence-corrected chi connectivity index (χ2v) is 5.64. The number of hydrogen-bond acceptors (Lipinski definition) is 1. The van der Waals surface area contributed by atoms with Gasteiger partial charge in [-0.05, 0) is 48.4 Å². The fourth-order valence-corrected chi connectivity index (χ4v) is 2.99. The van der Waals surface area contributed by atoms with E-state index in [4.69, 9.17) is 0 Å². The first-order valence-electron chi connectivity index (χ1n) is 7.88. The van der Waals surface area contributed by atoms with Crippen LogP contribution in [-0.2, 0) is 24.1 Å². The molecule has 2 heteroatoms. The molecule has 1 aliphatic heterocycles. The van der Waals surface area contributed by atoms with Crippen molar-refractivity contribution in [3.8, 4) is 0 Å². The van der Waals surface area contributed by atoms with Crippen LogP contribution in [-0.4, -0.2) is 12.5 Å². The minimum Gasteiger partial charge on any atom is -0.312 e. The number of unbranched alkanes of at least 4 members (excludes halogenated alkanes) is 1. The smallest absolute Gasteiger partial charge is 0.227 e. The molecule has 1 aliphatic rings. The Balaban J connectivity index is 2.46. The van der Waals surface area contributed by atoms with Crippen molar-refractivity contribution in [2.75, 3.05) is 11.4 Å². The number of carbonyl (C=O) groups excluding carboxylic acids is 1. The molecule has 0 atom stereocenters. The summed E-state index contributed by atoms with van der Waals surface area (Å²) in [5, 5.41) is 0. The molecular weight excluding hydrogens is 258 g/mol. The lowest BCUT2D eigenvalue weighted by atomic mass is 9.91. The number of anilines is 1. The van der Waals surface area contributed by atoms with Crippen LogP contribution in [0.1, 0.15) is 42.9 Å². The van der Waals surface area contributed by atoms with Crippen molar-refractivity contribution in [3.05, 3.63) is 54.1 Å². The van der Waals surface area contributed by atoms with Crippen LogP contribution in [0.15, 0.2) is 37.4 Å². The van der Waals surface area contributed by atoms with Crippen molar-refractivity contribution in [3.63, 3.8) is 0 Å². The van der Waals surface area contributed by atoms with Gasteiger partial charge in [-0.1, -0.05) is 31.6 Å². The highest BCUT2D eigenvalue weighted by atomic mass is 16.2. The van der Waals surface area contributed by atoms with Crippen molar-refractivity contribution in [1.82, 2.24) is 0 Å². The minimum atomic E-state index is 0.260. The highest BCUT2D eigenvalue weighted by Crippen LogP contribution is 2.33. The number of fused-ring (bicyclic) bond motifs is 1. The van der Waals surface area contributed by atoms with Crippen LogP contribution in [0.25, 0.3) is 0 Å². The standard InChI is InChI=1S/C19H25NO/c1-4-7-12-20-18-14-15(8-5-2)13-16(9-6-3)17(18)10-11-19(20)21/h5-6,13-14H,2-4,7-12H2,1H3. The Morgan fingerprint density at radius 1 is 1.19 bits per heavy atom. The summed E-state index contributed by atoms with van der Waals surface area (Å²) in [5.74, 6) is 0.260. The molecule has 1 heterocycles. The van der Waals surface area contributed by atoms with Gasteiger partial charge in [-0.3, -0.25) is 4.79 Å². The molecule has 0 aromatic heterocycles. The first-order chi connectivity index (χ1) is 10.2. The van der Waals surface area contributed by atoms with Crippen LogP contribution < -0.4 is 4.90 Å². The van der Waals surface area contributed by atoms with Crippen molar-refractivity contribution in [2.45, 2.75) is 45.4 Å². The third-order valence-electron chi connectivity index (χ3n) is 4.04. The van der Waals surface area contributed by atoms with Gasteiger partial charge in [0.25, 0.3) is 0 Å². The summed E-state index contributed by atoms with van der Waals surface area (Å²) in [6.07, 6.45) is 9.20. The zero-order valence-electron chi connectivity index (χ0n) is 13.0. The van der Waals surface area contributed by atoms with Crippen molar-refractivity contribution in [1.29, 1.82) is 0 Å². The molecule has 0 bridgehead atoms. The molecule has 0 saturated heterocycles. The van der Waals surface area contributed by atoms with Gasteiger partial charge in [0.1, 0.15) is 0 Å². The third-order valence-corrected chi connectivity index (χ3v) is 4.04. The minimum absolute atomic E-state index is 0.260. The molecule has 1 aromatic carbocycles. The molecular formula is C19H25NO. The number of hydrogen-bond donors (Lipinski definition) is 0. The number of carbonyl (C=O) groups is 1. The van der Waals surface area contributed by atoms with Crippen LogP contribution >= 0.6 is 0 Å². The normalized spacial score (nSPS) is 14.0. The first kappa shape index (κ1) is 15.6. The Bertz CT molecular complexity index is 545. The van der Waals surface area contributed by atoms with E-state index in [-0.39, 0.29) is 5.91 Å². The second-order valence-electron chi connectivity index (χ2n) is 5.64. The molecule has 1 aromatic rings. The summed E-state index contributed by atoms with van der Waals surface area (Å²) < 4.78 is 0. The Hall–Kier alpha value is -1.83. The maximum absolute atomic E-state index is 12.3. The number of allylic oxidation sites excluding steroid dienone is 2. The van der Waals surface area contributed by atoms with Crippen LogP contribution in [0.5, 0.6) is 0 Å². The molecule has 0 fully saturated rings. The molecule has 0 N–H and O–H groups in total. The summed E-state index contributed by atoms with van der Waals surface area (Å²) in [5.41, 5.74) is 5.00. The van der Waals surface area contributed by atoms with Gasteiger partial charge < -0.3 is 4.90 Å². The van der Waals surface area contributed by atoms with E-state index in [2.05, 4.69) is 32.2 Å². The second kappa shape index (κ2) is 7.26. The van der Waals surface area contributed by atoms with E-state index >= 15 is 0 Å². The van der Waals surface area contributed by atoms with E-state index in [0.29, 0.717) is 6.42 Å². The summed E-state index contributed by atoms with van der Waals surface area (Å²) in [7, 11) is 0. The van der Waals surface area contributed by atoms with Crippen molar-refractivity contribution in [2.24, 2.45) is 0 Å². The Labute approximate surface area is 128 Å². The first-order valence-corrected chi connectivity index (χ1v) is 7.88. The van der Waals surface area contributed by atoms with E-state index in [9.17, 15) is 4.79 Å². The van der Waals surface area contributed by atoms with Crippen molar-refractivity contribution < 1.29 is 4.79 Å². The van der Waals surface area contributed by atoms with Gasteiger partial charge in [-0.25, -0.2) is 0 Å². The number of amides is 1. The Kier molecular flexibility index (Phi) is 5.38. The summed E-state index contributed by atoms with van der Waals surface area (Å²) >= 11 is 0. The van der Waals surface area contributed by atoms with Gasteiger partial charge in [0.2, 0.25) is 5.91 Å². The Morgan fingerprint density at radius 2 is 1.95 bits per heavy atom. The van der Waals surface area contributed by atoms with Gasteiger partial charge in [-0.15, -0.1) is 13.2 Å². The molecule has 0 saturated carbocycles. The highest BCUT2D eigenvalue weighted by molar-refractivity contribution is 5.96. The topological polar surface area (TPSA) is 20.3 Å². The van der Waals surface area contributed by atoms with Gasteiger partial charge in [0.05, 0.1) is 0 Å². The van der Waals surface area contributed by atoms with E-state index < -0.39 is 0 Å². The predicted octanol–water partition coefficient (Wildman–Crippen LogP) is 4.22. The lowest BCUT2D eigenvalue weighted by Gasteiger charge is -2.31. The molecule has 0 spiro atoms. The van der Waals surface area contributed by atoms with Crippen LogP contribution in [0.4, 0.5) is 5.69 Å². The Morgan fingerprint density at radius 3 is 2.62 bits per heavy atom. The summed E-state index contributed by atoms with van der Waals surface area (Å²) in [6.45, 7) is 10.7. The molecule has 2 rings (SSSR count). The van der Waals surface area contributed by atoms with Gasteiger partial charge in [0.15, 0.2) is 0 Å². The zero-order chi connectivity index (χ0) is 15.2. The molecule has 2 nitrogen and oxygen atoms in total. The van der Waals surface area contributed by atoms with E-state index in [0.717, 1.165) is 44.3 Å². The largest absolute Gasteiger partial charge is 0.312 e. The average Bonchev–Trinajstić information content (AvgIpc) is 2.47. The van der Waals surface area contributed by atoms with Crippen LogP contribution in [0.2, 0.25) is 0 Å². The van der Waals surface area contributed by atoms with Gasteiger partial charge >= 0.3 is 0 Å². The quantitative estimate of drug-likeness (QED) is 0.686. The number of benzene rings is 1. The van der Waals surface area contributed by atoms with Crippen LogP contribution in [0, 0.1) is 0 Å². The average molecular weight is 283 g/mol. The molecule has 1 amide bonds. The lowest BCUT2D eigenvalue weighted by Crippen LogP contribution is -2.36. The zero-order valence-corrected chi connectivity index (χ0v) is 13.0. The van der Waals surface area contributed by atoms with E-state index in [1.165, 1.54) is 16.7 Å². The lowest BCUT2D eigenvalue weighted by molar-refractivity contribution is -0.118. The molecule has 0 radical (unpaired) electrons. The maximum Gasteiger partial charge on any atom is 0.227 e. The number of rotatable bonds is 7. The van der Waals surface area contributed by atoms with E-state index in [1.54, 1.807) is 0 Å². The predicted molar refractivity (Wildman–Crippen MR) is 89.8 cm³/mol. The highest BCUT2D eigenvalue weighted by Gasteiger charge is 2.25. The van der Waals surface area contributed by atoms with Gasteiger partial charge in [0, 0.05) is 18.7 Å².